The summed E-state index contributed by atoms with van der Waals surface area (Å²) in [4.78, 5) is 13.2. The summed E-state index contributed by atoms with van der Waals surface area (Å²) in [6.07, 6.45) is -5.93. The molecular formula is C22H30O9. The molecule has 0 saturated carbocycles. The molecule has 9 heteroatoms. The molecule has 3 heterocycles. The van der Waals surface area contributed by atoms with Gasteiger partial charge in [-0.1, -0.05) is 30.3 Å². The van der Waals surface area contributed by atoms with Crippen molar-refractivity contribution in [3.05, 3.63) is 35.9 Å². The number of carbonyl (C=O) groups excluding carboxylic acids is 1. The number of aliphatic hydroxyl groups excluding tert-OH is 2. The molecule has 3 fully saturated rings. The number of esters is 1. The topological polar surface area (TPSA) is 113 Å². The second-order valence-electron chi connectivity index (χ2n) is 9.03. The fourth-order valence-electron chi connectivity index (χ4n) is 4.30. The lowest BCUT2D eigenvalue weighted by molar-refractivity contribution is -0.235. The van der Waals surface area contributed by atoms with Crippen LogP contribution >= 0.6 is 0 Å². The average Bonchev–Trinajstić information content (AvgIpc) is 3.32. The summed E-state index contributed by atoms with van der Waals surface area (Å²) >= 11 is 0. The highest BCUT2D eigenvalue weighted by atomic mass is 16.8. The van der Waals surface area contributed by atoms with Crippen LogP contribution in [-0.2, 0) is 39.8 Å². The minimum Gasteiger partial charge on any atom is -0.460 e. The van der Waals surface area contributed by atoms with Crippen LogP contribution in [0.15, 0.2) is 30.3 Å². The summed E-state index contributed by atoms with van der Waals surface area (Å²) < 4.78 is 34.1. The van der Waals surface area contributed by atoms with Crippen molar-refractivity contribution in [3.63, 3.8) is 0 Å². The Kier molecular flexibility index (Phi) is 6.12. The fraction of sp³-hybridized carbons (Fsp3) is 0.682. The Hall–Kier alpha value is -1.59. The first-order valence-electron chi connectivity index (χ1n) is 10.5. The monoisotopic (exact) mass is 438 g/mol. The molecule has 0 aliphatic carbocycles. The van der Waals surface area contributed by atoms with E-state index in [0.717, 1.165) is 5.56 Å². The molecule has 0 aromatic heterocycles. The number of benzene rings is 1. The number of carbonyl (C=O) groups is 1. The van der Waals surface area contributed by atoms with Gasteiger partial charge in [-0.25, -0.2) is 0 Å². The number of rotatable bonds is 6. The second kappa shape index (κ2) is 8.40. The molecule has 2 N–H and O–H groups in total. The third-order valence-electron chi connectivity index (χ3n) is 5.69. The molecule has 172 valence electrons. The van der Waals surface area contributed by atoms with Crippen LogP contribution in [0.25, 0.3) is 0 Å². The van der Waals surface area contributed by atoms with Gasteiger partial charge in [0.15, 0.2) is 17.9 Å². The standard InChI is InChI=1S/C22H30O9/c1-21(2)27-11-13(29-21)15(23)14(19(24)26-10-12-8-6-5-7-9-12)16-17-18(20(25)28-16)31-22(3,4)30-17/h5-9,13-18,20,23,25H,10-11H2,1-4H3/t13-,14-,15+,16-,17-,18-,20-/m1/s1. The first-order chi connectivity index (χ1) is 14.6. The summed E-state index contributed by atoms with van der Waals surface area (Å²) in [5, 5.41) is 21.5. The second-order valence-corrected chi connectivity index (χ2v) is 9.03. The lowest BCUT2D eigenvalue weighted by Gasteiger charge is -2.32. The molecule has 3 aliphatic heterocycles. The van der Waals surface area contributed by atoms with E-state index in [1.807, 2.05) is 30.3 Å². The highest BCUT2D eigenvalue weighted by Crippen LogP contribution is 2.42. The van der Waals surface area contributed by atoms with E-state index < -0.39 is 60.3 Å². The Balaban J connectivity index is 1.56. The minimum atomic E-state index is -1.31. The van der Waals surface area contributed by atoms with Gasteiger partial charge in [0.25, 0.3) is 0 Å². The van der Waals surface area contributed by atoms with Crippen LogP contribution in [0.2, 0.25) is 0 Å². The van der Waals surface area contributed by atoms with Gasteiger partial charge < -0.3 is 38.6 Å². The van der Waals surface area contributed by atoms with Crippen LogP contribution < -0.4 is 0 Å². The molecule has 0 radical (unpaired) electrons. The van der Waals surface area contributed by atoms with Crippen molar-refractivity contribution >= 4 is 5.97 Å². The van der Waals surface area contributed by atoms with Gasteiger partial charge in [-0.2, -0.15) is 0 Å². The van der Waals surface area contributed by atoms with Gasteiger partial charge in [0, 0.05) is 0 Å². The van der Waals surface area contributed by atoms with Crippen LogP contribution in [0.1, 0.15) is 33.3 Å². The third-order valence-corrected chi connectivity index (χ3v) is 5.69. The summed E-state index contributed by atoms with van der Waals surface area (Å²) in [5.74, 6) is -3.72. The Morgan fingerprint density at radius 2 is 1.77 bits per heavy atom. The summed E-state index contributed by atoms with van der Waals surface area (Å²) in [6.45, 7) is 7.01. The van der Waals surface area contributed by atoms with Crippen molar-refractivity contribution in [1.29, 1.82) is 0 Å². The lowest BCUT2D eigenvalue weighted by atomic mass is 9.88. The largest absolute Gasteiger partial charge is 0.460 e. The molecule has 31 heavy (non-hydrogen) atoms. The Morgan fingerprint density at radius 3 is 2.42 bits per heavy atom. The highest BCUT2D eigenvalue weighted by molar-refractivity contribution is 5.74. The zero-order valence-electron chi connectivity index (χ0n) is 18.1. The molecule has 1 aromatic rings. The van der Waals surface area contributed by atoms with Gasteiger partial charge >= 0.3 is 5.97 Å². The average molecular weight is 438 g/mol. The van der Waals surface area contributed by atoms with Crippen LogP contribution in [-0.4, -0.2) is 71.2 Å². The number of hydrogen-bond acceptors (Lipinski definition) is 9. The number of fused-ring (bicyclic) bond motifs is 1. The van der Waals surface area contributed by atoms with Crippen molar-refractivity contribution < 1.29 is 43.4 Å². The van der Waals surface area contributed by atoms with Crippen molar-refractivity contribution in [2.45, 2.75) is 82.7 Å². The lowest BCUT2D eigenvalue weighted by Crippen LogP contribution is -2.50. The van der Waals surface area contributed by atoms with E-state index in [1.54, 1.807) is 27.7 Å². The van der Waals surface area contributed by atoms with Crippen molar-refractivity contribution in [2.24, 2.45) is 5.92 Å². The van der Waals surface area contributed by atoms with E-state index in [4.69, 9.17) is 28.4 Å². The van der Waals surface area contributed by atoms with Crippen LogP contribution in [0.5, 0.6) is 0 Å². The first kappa shape index (κ1) is 22.6. The number of ether oxygens (including phenoxy) is 6. The summed E-state index contributed by atoms with van der Waals surface area (Å²) in [7, 11) is 0. The Bertz CT molecular complexity index is 780. The predicted octanol–water partition coefficient (Wildman–Crippen LogP) is 1.10. The van der Waals surface area contributed by atoms with Gasteiger partial charge in [-0.15, -0.1) is 0 Å². The van der Waals surface area contributed by atoms with Crippen LogP contribution in [0.4, 0.5) is 0 Å². The number of aliphatic hydroxyl groups is 2. The maximum Gasteiger partial charge on any atom is 0.314 e. The van der Waals surface area contributed by atoms with E-state index >= 15 is 0 Å². The van der Waals surface area contributed by atoms with E-state index in [-0.39, 0.29) is 13.2 Å². The van der Waals surface area contributed by atoms with Crippen molar-refractivity contribution in [3.8, 4) is 0 Å². The zero-order valence-corrected chi connectivity index (χ0v) is 18.1. The molecule has 3 aliphatic rings. The van der Waals surface area contributed by atoms with Gasteiger partial charge in [-0.3, -0.25) is 4.79 Å². The van der Waals surface area contributed by atoms with Crippen LogP contribution in [0, 0.1) is 5.92 Å². The smallest absolute Gasteiger partial charge is 0.314 e. The molecule has 3 saturated heterocycles. The number of hydrogen-bond donors (Lipinski definition) is 2. The maximum atomic E-state index is 13.2. The quantitative estimate of drug-likeness (QED) is 0.630. The first-order valence-corrected chi connectivity index (χ1v) is 10.5. The zero-order chi connectivity index (χ0) is 22.4. The van der Waals surface area contributed by atoms with Gasteiger partial charge in [-0.05, 0) is 33.3 Å². The van der Waals surface area contributed by atoms with E-state index in [9.17, 15) is 15.0 Å². The van der Waals surface area contributed by atoms with Crippen LogP contribution in [0.3, 0.4) is 0 Å². The normalized spacial score (nSPS) is 35.5. The fourth-order valence-corrected chi connectivity index (χ4v) is 4.30. The third kappa shape index (κ3) is 4.78. The van der Waals surface area contributed by atoms with E-state index in [1.165, 1.54) is 0 Å². The van der Waals surface area contributed by atoms with E-state index in [2.05, 4.69) is 0 Å². The summed E-state index contributed by atoms with van der Waals surface area (Å²) in [6, 6.07) is 9.21. The molecule has 4 rings (SSSR count). The molecular weight excluding hydrogens is 408 g/mol. The van der Waals surface area contributed by atoms with Gasteiger partial charge in [0.2, 0.25) is 0 Å². The maximum absolute atomic E-state index is 13.2. The predicted molar refractivity (Wildman–Crippen MR) is 105 cm³/mol. The minimum absolute atomic E-state index is 0.0304. The molecule has 0 amide bonds. The van der Waals surface area contributed by atoms with Gasteiger partial charge in [0.05, 0.1) is 12.7 Å². The molecule has 7 atom stereocenters. The Morgan fingerprint density at radius 1 is 1.10 bits per heavy atom. The molecule has 0 spiro atoms. The molecule has 1 aromatic carbocycles. The van der Waals surface area contributed by atoms with Crippen molar-refractivity contribution in [2.75, 3.05) is 6.61 Å². The van der Waals surface area contributed by atoms with Gasteiger partial charge in [0.1, 0.15) is 36.9 Å². The molecule has 0 unspecified atom stereocenters. The SMILES string of the molecule is CC1(C)O[C@H]2[C@@H](O1)[C@H](O)O[C@@H]2[C@H](C(=O)OCc1ccccc1)[C@@H](O)[C@H]1COC(C)(C)O1. The Labute approximate surface area is 181 Å². The van der Waals surface area contributed by atoms with E-state index in [0.29, 0.717) is 0 Å². The highest BCUT2D eigenvalue weighted by Gasteiger charge is 2.60. The molecule has 0 bridgehead atoms. The summed E-state index contributed by atoms with van der Waals surface area (Å²) in [5.41, 5.74) is 0.803. The van der Waals surface area contributed by atoms with Crippen molar-refractivity contribution in [1.82, 2.24) is 0 Å². The molecule has 9 nitrogen and oxygen atoms in total.